The van der Waals surface area contributed by atoms with Crippen molar-refractivity contribution in [3.63, 3.8) is 0 Å². The molecule has 0 unspecified atom stereocenters. The lowest BCUT2D eigenvalue weighted by atomic mass is 9.56. The second kappa shape index (κ2) is 10.4. The van der Waals surface area contributed by atoms with Gasteiger partial charge in [-0.3, -0.25) is 44.3 Å². The molecular formula is C29H24Cl3N5O9. The summed E-state index contributed by atoms with van der Waals surface area (Å²) in [5.74, 6) is -7.62. The van der Waals surface area contributed by atoms with Crippen LogP contribution in [0.4, 0.5) is 22.7 Å². The summed E-state index contributed by atoms with van der Waals surface area (Å²) in [6.07, 6.45) is 1.31. The molecule has 6 rings (SSSR count). The van der Waals surface area contributed by atoms with Crippen molar-refractivity contribution in [2.24, 2.45) is 17.8 Å². The number of rotatable bonds is 5. The van der Waals surface area contributed by atoms with Gasteiger partial charge in [-0.25, -0.2) is 4.90 Å². The lowest BCUT2D eigenvalue weighted by molar-refractivity contribution is -0.392. The van der Waals surface area contributed by atoms with E-state index in [9.17, 15) is 44.5 Å². The van der Waals surface area contributed by atoms with E-state index in [2.05, 4.69) is 0 Å². The van der Waals surface area contributed by atoms with Gasteiger partial charge < -0.3 is 10.0 Å². The maximum absolute atomic E-state index is 14.3. The Labute approximate surface area is 275 Å². The van der Waals surface area contributed by atoms with E-state index in [1.54, 1.807) is 6.08 Å². The number of phenolic OH excluding ortho intramolecular Hbond substituents is 1. The van der Waals surface area contributed by atoms with Crippen molar-refractivity contribution in [1.29, 1.82) is 0 Å². The van der Waals surface area contributed by atoms with Crippen molar-refractivity contribution in [2.75, 3.05) is 30.9 Å². The molecule has 2 heterocycles. The molecule has 1 saturated carbocycles. The standard InChI is InChI=1S/C29H24Cl3N5O9/c1-33(2)23-19(36(43)44)8-12(9-20(23)37(45)46)35-24(39)16-7-6-14-17(21(16)25(35)40)11-28(31)26(41)34(3)27(42)29(28,32)22(14)15-5-4-13(38)10-18(15)30/h4-6,8-10,16-17,21-22,38H,7,11H2,1-3H3/t16-,17+,21-,22+,28+,29-/m0/s1. The number of hydrogen-bond acceptors (Lipinski definition) is 10. The van der Waals surface area contributed by atoms with Gasteiger partial charge in [0.2, 0.25) is 11.8 Å². The average molecular weight is 693 g/mol. The Bertz CT molecular complexity index is 1810. The number of carbonyl (C=O) groups is 4. The first-order chi connectivity index (χ1) is 21.5. The summed E-state index contributed by atoms with van der Waals surface area (Å²) in [5, 5.41) is 34.0. The van der Waals surface area contributed by atoms with Crippen LogP contribution in [0.25, 0.3) is 0 Å². The molecule has 0 spiro atoms. The number of anilines is 2. The van der Waals surface area contributed by atoms with Crippen LogP contribution < -0.4 is 9.80 Å². The number of allylic oxidation sites excluding steroid dienone is 2. The Morgan fingerprint density at radius 2 is 1.57 bits per heavy atom. The predicted molar refractivity (Wildman–Crippen MR) is 165 cm³/mol. The second-order valence-corrected chi connectivity index (χ2v) is 13.6. The maximum atomic E-state index is 14.3. The third-order valence-electron chi connectivity index (χ3n) is 9.46. The Balaban J connectivity index is 1.52. The van der Waals surface area contributed by atoms with Crippen LogP contribution in [0.5, 0.6) is 5.75 Å². The minimum Gasteiger partial charge on any atom is -0.508 e. The summed E-state index contributed by atoms with van der Waals surface area (Å²) < 4.78 is 0. The lowest BCUT2D eigenvalue weighted by Crippen LogP contribution is -2.60. The van der Waals surface area contributed by atoms with Crippen molar-refractivity contribution in [3.8, 4) is 5.75 Å². The second-order valence-electron chi connectivity index (χ2n) is 12.0. The van der Waals surface area contributed by atoms with Crippen LogP contribution in [-0.2, 0) is 19.2 Å². The highest BCUT2D eigenvalue weighted by atomic mass is 35.5. The fraction of sp³-hybridized carbons (Fsp3) is 0.379. The van der Waals surface area contributed by atoms with Crippen LogP contribution in [0, 0.1) is 38.0 Å². The average Bonchev–Trinajstić information content (AvgIpc) is 3.31. The number of likely N-dealkylation sites (tertiary alicyclic amines) is 1. The SMILES string of the molecule is CN1C(=O)[C@]2(Cl)C[C@@H]3C(=CC[C@@H]4C(=O)N(c5cc([N+](=O)[O-])c(N(C)C)c([N+](=O)[O-])c5)C(=O)[C@@H]43)[C@H](c3ccc(O)cc3Cl)[C@]2(Cl)C1=O. The highest BCUT2D eigenvalue weighted by Gasteiger charge is 2.76. The van der Waals surface area contributed by atoms with E-state index in [4.69, 9.17) is 34.8 Å². The molecule has 2 aliphatic carbocycles. The number of halogens is 3. The number of hydrogen-bond donors (Lipinski definition) is 1. The molecule has 1 N–H and O–H groups in total. The molecule has 0 radical (unpaired) electrons. The van der Waals surface area contributed by atoms with Crippen LogP contribution in [0.2, 0.25) is 5.02 Å². The number of amides is 4. The summed E-state index contributed by atoms with van der Waals surface area (Å²) >= 11 is 20.8. The van der Waals surface area contributed by atoms with Gasteiger partial charge in [0.25, 0.3) is 11.8 Å². The van der Waals surface area contributed by atoms with E-state index in [1.807, 2.05) is 0 Å². The normalized spacial score (nSPS) is 30.2. The van der Waals surface area contributed by atoms with E-state index in [0.29, 0.717) is 10.5 Å². The molecular weight excluding hydrogens is 669 g/mol. The number of benzene rings is 2. The zero-order valence-corrected chi connectivity index (χ0v) is 26.5. The number of nitro benzene ring substituents is 2. The van der Waals surface area contributed by atoms with Gasteiger partial charge in [-0.2, -0.15) is 0 Å². The van der Waals surface area contributed by atoms with Gasteiger partial charge in [0.05, 0.1) is 27.4 Å². The van der Waals surface area contributed by atoms with Crippen LogP contribution in [-0.4, -0.2) is 74.4 Å². The predicted octanol–water partition coefficient (Wildman–Crippen LogP) is 4.12. The molecule has 6 atom stereocenters. The van der Waals surface area contributed by atoms with E-state index in [0.717, 1.165) is 17.0 Å². The molecule has 4 amide bonds. The number of phenols is 1. The van der Waals surface area contributed by atoms with Gasteiger partial charge in [-0.1, -0.05) is 29.3 Å². The number of fused-ring (bicyclic) bond motifs is 4. The smallest absolute Gasteiger partial charge is 0.301 e. The topological polar surface area (TPSA) is 185 Å². The molecule has 14 nitrogen and oxygen atoms in total. The van der Waals surface area contributed by atoms with Crippen LogP contribution >= 0.6 is 34.8 Å². The van der Waals surface area contributed by atoms with Crippen LogP contribution in [0.1, 0.15) is 24.3 Å². The number of alkyl halides is 2. The van der Waals surface area contributed by atoms with E-state index in [1.165, 1.54) is 44.2 Å². The number of nitro groups is 2. The summed E-state index contributed by atoms with van der Waals surface area (Å²) in [6, 6.07) is 5.86. The summed E-state index contributed by atoms with van der Waals surface area (Å²) in [7, 11) is 4.00. The van der Waals surface area contributed by atoms with Gasteiger partial charge in [0, 0.05) is 44.2 Å². The maximum Gasteiger partial charge on any atom is 0.301 e. The Morgan fingerprint density at radius 1 is 0.957 bits per heavy atom. The fourth-order valence-corrected chi connectivity index (χ4v) is 8.84. The molecule has 0 bridgehead atoms. The Hall–Kier alpha value is -4.27. The first-order valence-electron chi connectivity index (χ1n) is 13.9. The molecule has 240 valence electrons. The van der Waals surface area contributed by atoms with Crippen molar-refractivity contribution in [2.45, 2.75) is 28.5 Å². The zero-order valence-electron chi connectivity index (χ0n) is 24.3. The third-order valence-corrected chi connectivity index (χ3v) is 11.2. The van der Waals surface area contributed by atoms with E-state index in [-0.39, 0.29) is 40.6 Å². The first-order valence-corrected chi connectivity index (χ1v) is 15.0. The van der Waals surface area contributed by atoms with Gasteiger partial charge in [0.1, 0.15) is 5.75 Å². The van der Waals surface area contributed by atoms with Gasteiger partial charge in [-0.05, 0) is 36.5 Å². The van der Waals surface area contributed by atoms with Crippen LogP contribution in [0.15, 0.2) is 42.0 Å². The summed E-state index contributed by atoms with van der Waals surface area (Å²) in [6.45, 7) is 0. The summed E-state index contributed by atoms with van der Waals surface area (Å²) in [4.78, 5) is 76.2. The molecule has 17 heteroatoms. The van der Waals surface area contributed by atoms with Gasteiger partial charge in [-0.15, -0.1) is 23.2 Å². The number of carbonyl (C=O) groups excluding carboxylic acids is 4. The van der Waals surface area contributed by atoms with Crippen molar-refractivity contribution in [1.82, 2.24) is 4.90 Å². The largest absolute Gasteiger partial charge is 0.508 e. The van der Waals surface area contributed by atoms with Crippen molar-refractivity contribution >= 4 is 81.2 Å². The van der Waals surface area contributed by atoms with Crippen LogP contribution in [0.3, 0.4) is 0 Å². The summed E-state index contributed by atoms with van der Waals surface area (Å²) in [5.41, 5.74) is -1.37. The molecule has 46 heavy (non-hydrogen) atoms. The molecule has 0 aromatic heterocycles. The van der Waals surface area contributed by atoms with Crippen molar-refractivity contribution in [3.05, 3.63) is 72.8 Å². The Kier molecular flexibility index (Phi) is 7.15. The van der Waals surface area contributed by atoms with E-state index >= 15 is 0 Å². The van der Waals surface area contributed by atoms with Crippen molar-refractivity contribution < 1.29 is 34.1 Å². The molecule has 2 aliphatic heterocycles. The minimum atomic E-state index is -2.09. The third kappa shape index (κ3) is 4.02. The first kappa shape index (κ1) is 31.7. The molecule has 2 aromatic carbocycles. The highest BCUT2D eigenvalue weighted by molar-refractivity contribution is 6.54. The number of imide groups is 2. The van der Waals surface area contributed by atoms with Gasteiger partial charge in [0.15, 0.2) is 15.4 Å². The lowest BCUT2D eigenvalue weighted by Gasteiger charge is -2.51. The fourth-order valence-electron chi connectivity index (χ4n) is 7.55. The number of nitrogens with zero attached hydrogens (tertiary/aromatic N) is 5. The Morgan fingerprint density at radius 3 is 2.11 bits per heavy atom. The van der Waals surface area contributed by atoms with Gasteiger partial charge >= 0.3 is 11.4 Å². The molecule has 2 aromatic rings. The highest BCUT2D eigenvalue weighted by Crippen LogP contribution is 2.66. The molecule has 4 aliphatic rings. The quantitative estimate of drug-likeness (QED) is 0.157. The van der Waals surface area contributed by atoms with E-state index < -0.39 is 78.3 Å². The number of aromatic hydroxyl groups is 1. The zero-order chi connectivity index (χ0) is 33.8. The minimum absolute atomic E-state index is 0.0126. The monoisotopic (exact) mass is 691 g/mol. The molecule has 2 saturated heterocycles. The molecule has 3 fully saturated rings.